The van der Waals surface area contributed by atoms with Crippen molar-refractivity contribution in [3.8, 4) is 22.8 Å². The number of aromatic nitrogens is 10. The van der Waals surface area contributed by atoms with Crippen LogP contribution in [0.1, 0.15) is 95.2 Å². The predicted octanol–water partition coefficient (Wildman–Crippen LogP) is 8.44. The highest BCUT2D eigenvalue weighted by atomic mass is 19.3. The van der Waals surface area contributed by atoms with Gasteiger partial charge in [-0.05, 0) is 102 Å². The van der Waals surface area contributed by atoms with E-state index >= 15 is 0 Å². The highest BCUT2D eigenvalue weighted by molar-refractivity contribution is 5.96. The average Bonchev–Trinajstić information content (AvgIpc) is 4.05. The zero-order valence-electron chi connectivity index (χ0n) is 36.5. The fraction of sp³-hybridized carbons (Fsp3) is 0.319. The molecule has 0 saturated heterocycles. The Labute approximate surface area is 372 Å². The zero-order chi connectivity index (χ0) is 45.1. The van der Waals surface area contributed by atoms with Crippen LogP contribution in [-0.4, -0.2) is 81.3 Å². The summed E-state index contributed by atoms with van der Waals surface area (Å²) >= 11 is 0. The van der Waals surface area contributed by atoms with Crippen LogP contribution in [0.25, 0.3) is 44.6 Å². The van der Waals surface area contributed by atoms with Crippen molar-refractivity contribution in [1.82, 2.24) is 60.6 Å². The summed E-state index contributed by atoms with van der Waals surface area (Å²) in [5, 5.41) is 39.4. The topological polar surface area (TPSA) is 201 Å². The van der Waals surface area contributed by atoms with Gasteiger partial charge in [0.2, 0.25) is 11.9 Å². The number of carbonyl (C=O) groups is 2. The van der Waals surface area contributed by atoms with Crippen molar-refractivity contribution in [3.05, 3.63) is 107 Å². The first-order valence-corrected chi connectivity index (χ1v) is 21.7. The molecule has 2 saturated carbocycles. The monoisotopic (exact) mass is 878 g/mol. The molecule has 6 N–H and O–H groups in total. The second-order valence-corrected chi connectivity index (χ2v) is 18.2. The summed E-state index contributed by atoms with van der Waals surface area (Å²) in [7, 11) is 3.67. The van der Waals surface area contributed by atoms with E-state index in [4.69, 9.17) is 15.1 Å². The number of alkyl halides is 2. The molecule has 18 heteroatoms. The van der Waals surface area contributed by atoms with E-state index in [1.54, 1.807) is 52.8 Å². The SMILES string of the molecule is Cn1nc(-c2ccc(C(=O)NCC(F)F)cc2)nc1Nc1ccc2[nH]ncc2c1C1CC1c1cc(Nc2nc(-c3ccc(C(=O)NCC(C)(C)C)cc3)nn2C)c(C2CC2)c2cn[nH]c12. The van der Waals surface area contributed by atoms with Gasteiger partial charge in [-0.25, -0.2) is 18.1 Å². The Morgan fingerprint density at radius 1 is 0.738 bits per heavy atom. The van der Waals surface area contributed by atoms with Crippen LogP contribution in [0.2, 0.25) is 0 Å². The van der Waals surface area contributed by atoms with E-state index in [0.717, 1.165) is 69.1 Å². The minimum Gasteiger partial charge on any atom is -0.352 e. The maximum Gasteiger partial charge on any atom is 0.255 e. The van der Waals surface area contributed by atoms with Gasteiger partial charge in [-0.2, -0.15) is 20.2 Å². The van der Waals surface area contributed by atoms with Crippen LogP contribution in [0.4, 0.5) is 32.1 Å². The molecule has 0 radical (unpaired) electrons. The largest absolute Gasteiger partial charge is 0.352 e. The minimum absolute atomic E-state index is 0.0199. The number of hydrogen-bond donors (Lipinski definition) is 6. The van der Waals surface area contributed by atoms with E-state index in [1.807, 2.05) is 43.7 Å². The summed E-state index contributed by atoms with van der Waals surface area (Å²) in [5.74, 6) is 2.07. The summed E-state index contributed by atoms with van der Waals surface area (Å²) in [6.07, 6.45) is 4.23. The van der Waals surface area contributed by atoms with Crippen LogP contribution in [0.3, 0.4) is 0 Å². The Kier molecular flexibility index (Phi) is 10.4. The first kappa shape index (κ1) is 41.5. The van der Waals surface area contributed by atoms with Crippen LogP contribution in [0, 0.1) is 5.41 Å². The molecule has 2 aliphatic rings. The molecular weight excluding hydrogens is 831 g/mol. The quantitative estimate of drug-likeness (QED) is 0.0616. The Hall–Kier alpha value is -7.50. The number of anilines is 4. The van der Waals surface area contributed by atoms with Crippen molar-refractivity contribution in [2.75, 3.05) is 23.7 Å². The maximum absolute atomic E-state index is 12.8. The van der Waals surface area contributed by atoms with E-state index in [0.29, 0.717) is 47.1 Å². The summed E-state index contributed by atoms with van der Waals surface area (Å²) in [5.41, 5.74) is 9.56. The van der Waals surface area contributed by atoms with Crippen LogP contribution in [0.5, 0.6) is 0 Å². The van der Waals surface area contributed by atoms with E-state index in [1.165, 1.54) is 5.56 Å². The molecule has 2 unspecified atom stereocenters. The normalized spacial score (nSPS) is 16.1. The van der Waals surface area contributed by atoms with Gasteiger partial charge in [0.15, 0.2) is 11.6 Å². The van der Waals surface area contributed by atoms with E-state index in [-0.39, 0.29) is 28.7 Å². The first-order valence-electron chi connectivity index (χ1n) is 21.7. The first-order chi connectivity index (χ1) is 31.3. The number of halogens is 2. The van der Waals surface area contributed by atoms with Gasteiger partial charge in [0.25, 0.3) is 18.2 Å². The molecule has 4 aromatic heterocycles. The van der Waals surface area contributed by atoms with Crippen molar-refractivity contribution >= 4 is 56.9 Å². The van der Waals surface area contributed by atoms with Crippen molar-refractivity contribution in [1.29, 1.82) is 0 Å². The molecule has 2 atom stereocenters. The summed E-state index contributed by atoms with van der Waals surface area (Å²) in [6.45, 7) is 6.11. The Bertz CT molecular complexity index is 3080. The third-order valence-corrected chi connectivity index (χ3v) is 12.0. The van der Waals surface area contributed by atoms with Gasteiger partial charge in [0.05, 0.1) is 30.0 Å². The lowest BCUT2D eigenvalue weighted by Gasteiger charge is -2.18. The van der Waals surface area contributed by atoms with Crippen molar-refractivity contribution < 1.29 is 18.4 Å². The standard InChI is InChI=1S/C47H48F2N14O2/c1-47(2,3)23-51-44(65)28-14-10-26(11-15-28)42-57-46(63(5)61-42)55-36-19-31(40-33(21-53-59-40)38(36)24-6-7-24)29-18-30(29)39-32-20-52-58-34(32)16-17-35(39)54-45-56-41(60-62(45)4)25-8-12-27(13-9-25)43(64)50-22-37(48)49/h8-17,19-21,24,29-30,37H,6-7,18,22-23H2,1-5H3,(H,50,64)(H,51,65)(H,52,58)(H,53,59)(H,54,56,60)(H,55,57,61). The van der Waals surface area contributed by atoms with Crippen molar-refractivity contribution in [3.63, 3.8) is 0 Å². The second-order valence-electron chi connectivity index (χ2n) is 18.2. The number of hydrogen-bond acceptors (Lipinski definition) is 10. The smallest absolute Gasteiger partial charge is 0.255 e. The van der Waals surface area contributed by atoms with Gasteiger partial charge in [0, 0.05) is 65.0 Å². The maximum atomic E-state index is 12.8. The fourth-order valence-electron chi connectivity index (χ4n) is 8.51. The lowest BCUT2D eigenvalue weighted by molar-refractivity contribution is 0.0891. The molecule has 16 nitrogen and oxygen atoms in total. The van der Waals surface area contributed by atoms with E-state index in [2.05, 4.69) is 73.6 Å². The lowest BCUT2D eigenvalue weighted by Crippen LogP contribution is -2.32. The number of carbonyl (C=O) groups excluding carboxylic acids is 2. The Morgan fingerprint density at radius 2 is 1.32 bits per heavy atom. The molecule has 0 bridgehead atoms. The summed E-state index contributed by atoms with van der Waals surface area (Å²) in [4.78, 5) is 34.9. The molecule has 2 aliphatic carbocycles. The van der Waals surface area contributed by atoms with Crippen molar-refractivity contribution in [2.24, 2.45) is 19.5 Å². The van der Waals surface area contributed by atoms with Crippen LogP contribution in [-0.2, 0) is 14.1 Å². The molecule has 8 aromatic rings. The third kappa shape index (κ3) is 8.38. The molecule has 0 spiro atoms. The molecule has 4 aromatic carbocycles. The van der Waals surface area contributed by atoms with Crippen LogP contribution in [0.15, 0.2) is 79.1 Å². The van der Waals surface area contributed by atoms with Gasteiger partial charge in [-0.1, -0.05) is 45.0 Å². The second kappa shape index (κ2) is 16.2. The molecule has 0 aliphatic heterocycles. The molecular formula is C47H48F2N14O2. The highest BCUT2D eigenvalue weighted by Crippen LogP contribution is 2.60. The van der Waals surface area contributed by atoms with Crippen molar-refractivity contribution in [2.45, 2.75) is 64.2 Å². The van der Waals surface area contributed by atoms with E-state index in [9.17, 15) is 18.4 Å². The lowest BCUT2D eigenvalue weighted by atomic mass is 9.94. The Morgan fingerprint density at radius 3 is 1.92 bits per heavy atom. The van der Waals surface area contributed by atoms with Gasteiger partial charge in [-0.3, -0.25) is 19.8 Å². The molecule has 10 rings (SSSR count). The predicted molar refractivity (Wildman–Crippen MR) is 244 cm³/mol. The number of aryl methyl sites for hydroxylation is 2. The minimum atomic E-state index is -2.63. The van der Waals surface area contributed by atoms with Gasteiger partial charge in [-0.15, -0.1) is 10.2 Å². The molecule has 2 amide bonds. The van der Waals surface area contributed by atoms with E-state index < -0.39 is 18.9 Å². The number of amides is 2. The number of nitrogens with one attached hydrogen (secondary N) is 6. The van der Waals surface area contributed by atoms with Gasteiger partial charge >= 0.3 is 0 Å². The third-order valence-electron chi connectivity index (χ3n) is 12.0. The Balaban J connectivity index is 0.922. The molecule has 4 heterocycles. The van der Waals surface area contributed by atoms with Crippen LogP contribution < -0.4 is 21.3 Å². The zero-order valence-corrected chi connectivity index (χ0v) is 36.5. The number of H-pyrrole nitrogens is 2. The number of rotatable bonds is 14. The van der Waals surface area contributed by atoms with Gasteiger partial charge in [0.1, 0.15) is 0 Å². The summed E-state index contributed by atoms with van der Waals surface area (Å²) in [6, 6.07) is 20.2. The summed E-state index contributed by atoms with van der Waals surface area (Å²) < 4.78 is 28.7. The molecule has 332 valence electrons. The molecule has 65 heavy (non-hydrogen) atoms. The average molecular weight is 879 g/mol. The highest BCUT2D eigenvalue weighted by Gasteiger charge is 2.44. The molecule has 2 fully saturated rings. The van der Waals surface area contributed by atoms with Crippen LogP contribution >= 0.6 is 0 Å². The number of nitrogens with zero attached hydrogens (tertiary/aromatic N) is 8. The fourth-order valence-corrected chi connectivity index (χ4v) is 8.51. The number of benzene rings is 4. The van der Waals surface area contributed by atoms with Gasteiger partial charge < -0.3 is 21.3 Å². The number of fused-ring (bicyclic) bond motifs is 2. The number of aromatic amines is 2.